The van der Waals surface area contributed by atoms with Crippen LogP contribution in [0.1, 0.15) is 41.5 Å². The van der Waals surface area contributed by atoms with Crippen LogP contribution in [-0.2, 0) is 17.5 Å². The summed E-state index contributed by atoms with van der Waals surface area (Å²) in [6, 6.07) is 22.1. The van der Waals surface area contributed by atoms with Gasteiger partial charge in [-0.05, 0) is 56.6 Å². The molecule has 8 nitrogen and oxygen atoms in total. The Morgan fingerprint density at radius 3 is 2.39 bits per heavy atom. The van der Waals surface area contributed by atoms with Crippen molar-refractivity contribution in [3.05, 3.63) is 101 Å². The molecular weight excluding hydrogens is 571 g/mol. The fraction of sp³-hybridized carbons (Fsp3) is 0.364. The molecule has 232 valence electrons. The van der Waals surface area contributed by atoms with Crippen LogP contribution in [0.3, 0.4) is 0 Å². The number of nitrogens with one attached hydrogen (secondary N) is 1. The lowest BCUT2D eigenvalue weighted by molar-refractivity contribution is -0.137. The number of halogens is 3. The van der Waals surface area contributed by atoms with E-state index in [9.17, 15) is 18.0 Å². The lowest BCUT2D eigenvalue weighted by atomic mass is 10.0. The number of piperidine rings is 1. The second-order valence-electron chi connectivity index (χ2n) is 11.1. The van der Waals surface area contributed by atoms with Crippen LogP contribution in [0.15, 0.2) is 83.4 Å². The van der Waals surface area contributed by atoms with Crippen molar-refractivity contribution < 1.29 is 27.2 Å². The number of rotatable bonds is 11. The maximum Gasteiger partial charge on any atom is 0.416 e. The number of nitrogens with zero attached hydrogens (tertiary/aromatic N) is 4. The molecule has 1 amide bonds. The number of aromatic nitrogens is 2. The highest BCUT2D eigenvalue weighted by molar-refractivity contribution is 5.82. The summed E-state index contributed by atoms with van der Waals surface area (Å²) in [5.74, 6) is 0.583. The quantitative estimate of drug-likeness (QED) is 0.213. The topological polar surface area (TPSA) is 83.7 Å². The summed E-state index contributed by atoms with van der Waals surface area (Å²) in [4.78, 5) is 22.6. The van der Waals surface area contributed by atoms with Gasteiger partial charge in [0.05, 0.1) is 12.1 Å². The number of amides is 1. The molecule has 0 aliphatic carbocycles. The highest BCUT2D eigenvalue weighted by atomic mass is 19.4. The van der Waals surface area contributed by atoms with E-state index in [1.54, 1.807) is 0 Å². The van der Waals surface area contributed by atoms with Crippen molar-refractivity contribution in [1.29, 1.82) is 0 Å². The van der Waals surface area contributed by atoms with Gasteiger partial charge in [-0.3, -0.25) is 14.6 Å². The predicted molar refractivity (Wildman–Crippen MR) is 160 cm³/mol. The molecule has 2 heterocycles. The highest BCUT2D eigenvalue weighted by Crippen LogP contribution is 2.31. The molecule has 1 saturated heterocycles. The standard InChI is InChI=1S/C33H36F3N5O3/c1-23-8-10-25(11-9-23)30-38-32(44-39-30)29(31(42)37-18-21-43-28-14-12-26(13-15-28)33(34,35)36)41-19-16-27(17-20-41)40(2)22-24-6-4-3-5-7-24/h3-15,27,29H,16-22H2,1-2H3,(H,37,42). The van der Waals surface area contributed by atoms with E-state index in [0.717, 1.165) is 42.6 Å². The largest absolute Gasteiger partial charge is 0.492 e. The first-order valence-corrected chi connectivity index (χ1v) is 14.6. The van der Waals surface area contributed by atoms with Gasteiger partial charge in [0.25, 0.3) is 5.89 Å². The third-order valence-electron chi connectivity index (χ3n) is 7.85. The Hall–Kier alpha value is -4.22. The fourth-order valence-corrected chi connectivity index (χ4v) is 5.37. The van der Waals surface area contributed by atoms with Gasteiger partial charge in [0.15, 0.2) is 6.04 Å². The molecule has 0 spiro atoms. The Balaban J connectivity index is 1.23. The van der Waals surface area contributed by atoms with Gasteiger partial charge in [-0.25, -0.2) is 0 Å². The lowest BCUT2D eigenvalue weighted by Crippen LogP contribution is -2.48. The van der Waals surface area contributed by atoms with E-state index in [2.05, 4.69) is 44.4 Å². The number of carbonyl (C=O) groups is 1. The average Bonchev–Trinajstić information content (AvgIpc) is 3.50. The van der Waals surface area contributed by atoms with E-state index in [0.29, 0.717) is 25.0 Å². The van der Waals surface area contributed by atoms with Crippen LogP contribution in [0.25, 0.3) is 11.4 Å². The minimum Gasteiger partial charge on any atom is -0.492 e. The number of alkyl halides is 3. The molecule has 11 heteroatoms. The van der Waals surface area contributed by atoms with Gasteiger partial charge < -0.3 is 14.6 Å². The van der Waals surface area contributed by atoms with E-state index in [-0.39, 0.29) is 30.7 Å². The van der Waals surface area contributed by atoms with Crippen molar-refractivity contribution in [2.75, 3.05) is 33.3 Å². The zero-order valence-electron chi connectivity index (χ0n) is 24.8. The molecule has 1 N–H and O–H groups in total. The molecule has 1 unspecified atom stereocenters. The molecule has 3 aromatic carbocycles. The van der Waals surface area contributed by atoms with Crippen LogP contribution in [0, 0.1) is 6.92 Å². The number of hydrogen-bond acceptors (Lipinski definition) is 7. The van der Waals surface area contributed by atoms with Gasteiger partial charge in [-0.15, -0.1) is 0 Å². The predicted octanol–water partition coefficient (Wildman–Crippen LogP) is 5.90. The van der Waals surface area contributed by atoms with Crippen LogP contribution >= 0.6 is 0 Å². The van der Waals surface area contributed by atoms with Crippen LogP contribution in [0.4, 0.5) is 13.2 Å². The molecule has 4 aromatic rings. The monoisotopic (exact) mass is 607 g/mol. The van der Waals surface area contributed by atoms with Crippen LogP contribution in [0.5, 0.6) is 5.75 Å². The van der Waals surface area contributed by atoms with E-state index < -0.39 is 17.8 Å². The molecular formula is C33H36F3N5O3. The molecule has 44 heavy (non-hydrogen) atoms. The SMILES string of the molecule is Cc1ccc(-c2noc(C(C(=O)NCCOc3ccc(C(F)(F)F)cc3)N3CCC(N(C)Cc4ccccc4)CC3)n2)cc1. The van der Waals surface area contributed by atoms with Gasteiger partial charge in [0, 0.05) is 31.2 Å². The molecule has 0 saturated carbocycles. The second-order valence-corrected chi connectivity index (χ2v) is 11.1. The normalized spacial score (nSPS) is 15.3. The highest BCUT2D eigenvalue weighted by Gasteiger charge is 2.36. The van der Waals surface area contributed by atoms with Crippen LogP contribution < -0.4 is 10.1 Å². The zero-order chi connectivity index (χ0) is 31.1. The number of hydrogen-bond donors (Lipinski definition) is 1. The second kappa shape index (κ2) is 14.0. The Morgan fingerprint density at radius 1 is 1.05 bits per heavy atom. The summed E-state index contributed by atoms with van der Waals surface area (Å²) >= 11 is 0. The average molecular weight is 608 g/mol. The van der Waals surface area contributed by atoms with Crippen molar-refractivity contribution in [2.45, 2.75) is 44.6 Å². The number of carbonyl (C=O) groups excluding carboxylic acids is 1. The first-order valence-electron chi connectivity index (χ1n) is 14.6. The third kappa shape index (κ3) is 8.03. The summed E-state index contributed by atoms with van der Waals surface area (Å²) in [6.45, 7) is 4.38. The van der Waals surface area contributed by atoms with Crippen molar-refractivity contribution in [1.82, 2.24) is 25.3 Å². The van der Waals surface area contributed by atoms with E-state index in [1.165, 1.54) is 17.7 Å². The van der Waals surface area contributed by atoms with Crippen molar-refractivity contribution >= 4 is 5.91 Å². The number of likely N-dealkylation sites (tertiary alicyclic amines) is 1. The summed E-state index contributed by atoms with van der Waals surface area (Å²) in [6.07, 6.45) is -2.69. The first-order chi connectivity index (χ1) is 21.2. The van der Waals surface area contributed by atoms with Gasteiger partial charge in [-0.2, -0.15) is 18.2 Å². The Morgan fingerprint density at radius 2 is 1.73 bits per heavy atom. The molecule has 0 radical (unpaired) electrons. The maximum atomic E-state index is 13.6. The number of aryl methyl sites for hydroxylation is 1. The molecule has 5 rings (SSSR count). The van der Waals surface area contributed by atoms with Crippen LogP contribution in [0.2, 0.25) is 0 Å². The summed E-state index contributed by atoms with van der Waals surface area (Å²) in [5, 5.41) is 7.04. The Kier molecular flexibility index (Phi) is 9.96. The van der Waals surface area contributed by atoms with Gasteiger partial charge in [0.2, 0.25) is 11.7 Å². The van der Waals surface area contributed by atoms with Crippen molar-refractivity contribution in [3.63, 3.8) is 0 Å². The molecule has 1 fully saturated rings. The van der Waals surface area contributed by atoms with Gasteiger partial charge in [0.1, 0.15) is 12.4 Å². The molecule has 1 aliphatic heterocycles. The summed E-state index contributed by atoms with van der Waals surface area (Å²) in [7, 11) is 2.13. The maximum absolute atomic E-state index is 13.6. The Labute approximate surface area is 254 Å². The molecule has 0 bridgehead atoms. The zero-order valence-corrected chi connectivity index (χ0v) is 24.8. The lowest BCUT2D eigenvalue weighted by Gasteiger charge is -2.38. The van der Waals surface area contributed by atoms with Crippen molar-refractivity contribution in [2.24, 2.45) is 0 Å². The molecule has 1 aromatic heterocycles. The van der Waals surface area contributed by atoms with Gasteiger partial charge >= 0.3 is 6.18 Å². The fourth-order valence-electron chi connectivity index (χ4n) is 5.37. The molecule has 1 aliphatic rings. The van der Waals surface area contributed by atoms with Gasteiger partial charge in [-0.1, -0.05) is 65.3 Å². The minimum atomic E-state index is -4.42. The minimum absolute atomic E-state index is 0.0780. The molecule has 1 atom stereocenters. The smallest absolute Gasteiger partial charge is 0.416 e. The van der Waals surface area contributed by atoms with Crippen molar-refractivity contribution in [3.8, 4) is 17.1 Å². The Bertz CT molecular complexity index is 1490. The summed E-state index contributed by atoms with van der Waals surface area (Å²) < 4.78 is 49.7. The number of ether oxygens (including phenoxy) is 1. The van der Waals surface area contributed by atoms with E-state index in [4.69, 9.17) is 9.26 Å². The van der Waals surface area contributed by atoms with E-state index >= 15 is 0 Å². The first kappa shape index (κ1) is 31.2. The van der Waals surface area contributed by atoms with Crippen LogP contribution in [-0.4, -0.2) is 65.2 Å². The summed E-state index contributed by atoms with van der Waals surface area (Å²) in [5.41, 5.74) is 2.40. The number of benzene rings is 3. The third-order valence-corrected chi connectivity index (χ3v) is 7.85. The van der Waals surface area contributed by atoms with E-state index in [1.807, 2.05) is 49.4 Å².